The van der Waals surface area contributed by atoms with Gasteiger partial charge in [0.05, 0.1) is 23.3 Å². The highest BCUT2D eigenvalue weighted by Crippen LogP contribution is 2.33. The predicted molar refractivity (Wildman–Crippen MR) is 141 cm³/mol. The first-order valence-electron chi connectivity index (χ1n) is 12.2. The smallest absolute Gasteiger partial charge is 0.176 e. The van der Waals surface area contributed by atoms with E-state index >= 15 is 0 Å². The molecule has 2 aliphatic heterocycles. The Labute approximate surface area is 211 Å². The van der Waals surface area contributed by atoms with E-state index in [4.69, 9.17) is 15.0 Å². The van der Waals surface area contributed by atoms with Crippen LogP contribution in [0.2, 0.25) is 0 Å². The SMILES string of the molecule is Fc1ccc(-c2cccc3[nH]c(C4=NCc5ncc(-c6cncc(CN7CCCC7)c6)cc54)nc23)s1. The molecule has 4 aromatic heterocycles. The van der Waals surface area contributed by atoms with Crippen molar-refractivity contribution < 1.29 is 4.39 Å². The van der Waals surface area contributed by atoms with Crippen molar-refractivity contribution in [1.82, 2.24) is 24.8 Å². The number of fused-ring (bicyclic) bond motifs is 2. The molecule has 1 aromatic carbocycles. The number of pyridine rings is 2. The van der Waals surface area contributed by atoms with Crippen molar-refractivity contribution >= 4 is 28.1 Å². The van der Waals surface area contributed by atoms with Crippen LogP contribution in [0, 0.1) is 5.13 Å². The molecule has 1 saturated heterocycles. The molecule has 1 N–H and O–H groups in total. The molecule has 0 spiro atoms. The summed E-state index contributed by atoms with van der Waals surface area (Å²) in [4.78, 5) is 25.7. The summed E-state index contributed by atoms with van der Waals surface area (Å²) < 4.78 is 13.7. The summed E-state index contributed by atoms with van der Waals surface area (Å²) in [6, 6.07) is 13.6. The molecule has 0 amide bonds. The molecule has 2 aliphatic rings. The van der Waals surface area contributed by atoms with Gasteiger partial charge in [-0.2, -0.15) is 4.39 Å². The van der Waals surface area contributed by atoms with Gasteiger partial charge in [0.2, 0.25) is 0 Å². The van der Waals surface area contributed by atoms with Crippen LogP contribution in [0.4, 0.5) is 4.39 Å². The van der Waals surface area contributed by atoms with E-state index in [0.717, 1.165) is 80.5 Å². The van der Waals surface area contributed by atoms with Crippen LogP contribution in [-0.2, 0) is 13.1 Å². The Morgan fingerprint density at radius 1 is 0.972 bits per heavy atom. The number of rotatable bonds is 5. The average molecular weight is 495 g/mol. The first kappa shape index (κ1) is 21.5. The maximum Gasteiger partial charge on any atom is 0.176 e. The Morgan fingerprint density at radius 3 is 2.72 bits per heavy atom. The normalized spacial score (nSPS) is 15.5. The van der Waals surface area contributed by atoms with Crippen LogP contribution in [0.5, 0.6) is 0 Å². The fraction of sp³-hybridized carbons (Fsp3) is 0.214. The Kier molecular flexibility index (Phi) is 5.22. The lowest BCUT2D eigenvalue weighted by Gasteiger charge is -2.15. The molecule has 0 saturated carbocycles. The van der Waals surface area contributed by atoms with Gasteiger partial charge in [-0.15, -0.1) is 11.3 Å². The zero-order valence-corrected chi connectivity index (χ0v) is 20.4. The Balaban J connectivity index is 1.23. The molecule has 178 valence electrons. The van der Waals surface area contributed by atoms with Crippen molar-refractivity contribution in [3.63, 3.8) is 0 Å². The van der Waals surface area contributed by atoms with Gasteiger partial charge in [-0.3, -0.25) is 19.9 Å². The standard InChI is InChI=1S/C28H23FN6S/c29-25-7-6-24(36-25)20-4-3-5-22-26(20)34-28(33-22)27-21-11-19(14-31-23(21)15-32-27)18-10-17(12-30-13-18)16-35-8-1-2-9-35/h3-7,10-14H,1-2,8-9,15-16H2,(H,33,34). The molecule has 6 nitrogen and oxygen atoms in total. The van der Waals surface area contributed by atoms with Gasteiger partial charge < -0.3 is 4.98 Å². The Bertz CT molecular complexity index is 1630. The number of aromatic nitrogens is 4. The summed E-state index contributed by atoms with van der Waals surface area (Å²) in [6.07, 6.45) is 8.32. The molecule has 6 heterocycles. The lowest BCUT2D eigenvalue weighted by atomic mass is 10.0. The van der Waals surface area contributed by atoms with Gasteiger partial charge in [0.1, 0.15) is 5.71 Å². The third kappa shape index (κ3) is 3.83. The maximum atomic E-state index is 13.7. The van der Waals surface area contributed by atoms with Crippen molar-refractivity contribution in [1.29, 1.82) is 0 Å². The first-order valence-corrected chi connectivity index (χ1v) is 13.0. The molecular formula is C28H23FN6S. The minimum Gasteiger partial charge on any atom is -0.337 e. The molecule has 0 unspecified atom stereocenters. The molecule has 5 aromatic rings. The van der Waals surface area contributed by atoms with Crippen molar-refractivity contribution in [3.05, 3.63) is 88.8 Å². The molecule has 8 heteroatoms. The number of aromatic amines is 1. The van der Waals surface area contributed by atoms with Crippen LogP contribution < -0.4 is 0 Å². The predicted octanol–water partition coefficient (Wildman–Crippen LogP) is 5.83. The number of hydrogen-bond donors (Lipinski definition) is 1. The Hall–Kier alpha value is -3.75. The van der Waals surface area contributed by atoms with Crippen LogP contribution in [0.25, 0.3) is 32.6 Å². The summed E-state index contributed by atoms with van der Waals surface area (Å²) in [5, 5.41) is -0.204. The Morgan fingerprint density at radius 2 is 1.86 bits per heavy atom. The summed E-state index contributed by atoms with van der Waals surface area (Å²) in [7, 11) is 0. The summed E-state index contributed by atoms with van der Waals surface area (Å²) in [5.41, 5.74) is 8.65. The molecule has 0 aliphatic carbocycles. The van der Waals surface area contributed by atoms with Gasteiger partial charge in [0, 0.05) is 52.3 Å². The summed E-state index contributed by atoms with van der Waals surface area (Å²) in [6.45, 7) is 3.77. The van der Waals surface area contributed by atoms with Crippen LogP contribution >= 0.6 is 11.3 Å². The molecule has 0 radical (unpaired) electrons. The zero-order chi connectivity index (χ0) is 24.1. The summed E-state index contributed by atoms with van der Waals surface area (Å²) >= 11 is 1.13. The number of benzene rings is 1. The van der Waals surface area contributed by atoms with E-state index in [1.165, 1.54) is 24.5 Å². The number of imidazole rings is 1. The minimum atomic E-state index is -0.204. The third-order valence-electron chi connectivity index (χ3n) is 6.92. The van der Waals surface area contributed by atoms with Gasteiger partial charge in [0.15, 0.2) is 11.0 Å². The van der Waals surface area contributed by atoms with E-state index in [9.17, 15) is 4.39 Å². The van der Waals surface area contributed by atoms with E-state index in [0.29, 0.717) is 12.4 Å². The van der Waals surface area contributed by atoms with E-state index in [2.05, 4.69) is 27.0 Å². The molecule has 0 atom stereocenters. The molecule has 7 rings (SSSR count). The summed E-state index contributed by atoms with van der Waals surface area (Å²) in [5.74, 6) is 0.702. The van der Waals surface area contributed by atoms with E-state index in [1.54, 1.807) is 6.07 Å². The van der Waals surface area contributed by atoms with Crippen LogP contribution in [0.15, 0.2) is 66.0 Å². The average Bonchev–Trinajstić information content (AvgIpc) is 3.70. The number of aliphatic imine (C=N–C) groups is 1. The maximum absolute atomic E-state index is 13.7. The van der Waals surface area contributed by atoms with Crippen molar-refractivity contribution in [2.45, 2.75) is 25.9 Å². The van der Waals surface area contributed by atoms with E-state index in [1.807, 2.05) is 36.8 Å². The molecule has 36 heavy (non-hydrogen) atoms. The van der Waals surface area contributed by atoms with Gasteiger partial charge in [0.25, 0.3) is 0 Å². The highest BCUT2D eigenvalue weighted by atomic mass is 32.1. The fourth-order valence-electron chi connectivity index (χ4n) is 5.16. The number of hydrogen-bond acceptors (Lipinski definition) is 6. The minimum absolute atomic E-state index is 0.204. The van der Waals surface area contributed by atoms with Crippen molar-refractivity contribution in [2.24, 2.45) is 4.99 Å². The molecule has 0 bridgehead atoms. The van der Waals surface area contributed by atoms with Gasteiger partial charge in [-0.1, -0.05) is 12.1 Å². The van der Waals surface area contributed by atoms with Crippen LogP contribution in [0.1, 0.15) is 35.5 Å². The number of para-hydroxylation sites is 1. The second kappa shape index (κ2) is 8.72. The van der Waals surface area contributed by atoms with E-state index < -0.39 is 0 Å². The van der Waals surface area contributed by atoms with E-state index in [-0.39, 0.29) is 5.13 Å². The number of thiophene rings is 1. The number of likely N-dealkylation sites (tertiary alicyclic amines) is 1. The van der Waals surface area contributed by atoms with Crippen molar-refractivity contribution in [3.8, 4) is 21.6 Å². The second-order valence-corrected chi connectivity index (χ2v) is 10.4. The lowest BCUT2D eigenvalue weighted by molar-refractivity contribution is 0.331. The first-order chi connectivity index (χ1) is 17.7. The quantitative estimate of drug-likeness (QED) is 0.334. The zero-order valence-electron chi connectivity index (χ0n) is 19.5. The topological polar surface area (TPSA) is 70.1 Å². The number of nitrogens with zero attached hydrogens (tertiary/aromatic N) is 5. The van der Waals surface area contributed by atoms with Gasteiger partial charge in [-0.05, 0) is 61.8 Å². The highest BCUT2D eigenvalue weighted by molar-refractivity contribution is 7.14. The monoisotopic (exact) mass is 494 g/mol. The third-order valence-corrected chi connectivity index (χ3v) is 7.83. The highest BCUT2D eigenvalue weighted by Gasteiger charge is 2.23. The molecule has 1 fully saturated rings. The lowest BCUT2D eigenvalue weighted by Crippen LogP contribution is -2.18. The molecular weight excluding hydrogens is 471 g/mol. The van der Waals surface area contributed by atoms with Gasteiger partial charge in [-0.25, -0.2) is 4.98 Å². The van der Waals surface area contributed by atoms with Crippen molar-refractivity contribution in [2.75, 3.05) is 13.1 Å². The largest absolute Gasteiger partial charge is 0.337 e. The van der Waals surface area contributed by atoms with Gasteiger partial charge >= 0.3 is 0 Å². The fourth-order valence-corrected chi connectivity index (χ4v) is 5.91. The number of H-pyrrole nitrogens is 1. The van der Waals surface area contributed by atoms with Crippen LogP contribution in [0.3, 0.4) is 0 Å². The second-order valence-electron chi connectivity index (χ2n) is 9.34. The van der Waals surface area contributed by atoms with Crippen LogP contribution in [-0.4, -0.2) is 43.6 Å². The number of nitrogens with one attached hydrogen (secondary N) is 1. The number of halogens is 1.